The first kappa shape index (κ1) is 22.2. The molecule has 0 saturated heterocycles. The maximum Gasteiger partial charge on any atom is 0.321 e. The van der Waals surface area contributed by atoms with Gasteiger partial charge in [-0.05, 0) is 73.6 Å². The smallest absolute Gasteiger partial charge is 0.321 e. The Kier molecular flexibility index (Phi) is 6.46. The zero-order chi connectivity index (χ0) is 22.1. The Balaban J connectivity index is 1.63. The van der Waals surface area contributed by atoms with E-state index < -0.39 is 10.7 Å². The van der Waals surface area contributed by atoms with Gasteiger partial charge in [0.2, 0.25) is 0 Å². The van der Waals surface area contributed by atoms with Crippen molar-refractivity contribution in [2.45, 2.75) is 62.1 Å². The van der Waals surface area contributed by atoms with Crippen molar-refractivity contribution in [2.75, 3.05) is 12.4 Å². The molecule has 1 atom stereocenters. The lowest BCUT2D eigenvalue weighted by molar-refractivity contribution is -0.138. The Morgan fingerprint density at radius 2 is 1.73 bits per heavy atom. The van der Waals surface area contributed by atoms with Crippen LogP contribution in [-0.4, -0.2) is 39.8 Å². The van der Waals surface area contributed by atoms with Crippen LogP contribution in [-0.2, 0) is 17.6 Å². The second-order valence-corrected chi connectivity index (χ2v) is 10.4. The fourth-order valence-corrected chi connectivity index (χ4v) is 4.59. The maximum absolute atomic E-state index is 12.7. The number of carboxylic acids is 1. The number of aliphatic carboxylic acids is 1. The molecule has 0 fully saturated rings. The number of urea groups is 1. The molecule has 5 nitrogen and oxygen atoms in total. The molecule has 0 spiro atoms. The second-order valence-electron chi connectivity index (χ2n) is 8.73. The van der Waals surface area contributed by atoms with Crippen molar-refractivity contribution < 1.29 is 14.7 Å². The largest absolute Gasteiger partial charge is 0.480 e. The third-order valence-corrected chi connectivity index (χ3v) is 6.85. The molecule has 0 aliphatic heterocycles. The predicted molar refractivity (Wildman–Crippen MR) is 123 cm³/mol. The molecule has 1 aliphatic rings. The number of carbonyl (C=O) groups is 2. The third-order valence-electron chi connectivity index (χ3n) is 5.67. The molecule has 3 rings (SSSR count). The van der Waals surface area contributed by atoms with E-state index in [-0.39, 0.29) is 12.1 Å². The predicted octanol–water partition coefficient (Wildman–Crippen LogP) is 5.40. The molecule has 160 valence electrons. The Labute approximate surface area is 182 Å². The summed E-state index contributed by atoms with van der Waals surface area (Å²) in [6.45, 7) is 7.71. The molecule has 2 amide bonds. The van der Waals surface area contributed by atoms with Crippen LogP contribution in [0.15, 0.2) is 47.4 Å². The maximum atomic E-state index is 12.7. The topological polar surface area (TPSA) is 69.6 Å². The van der Waals surface area contributed by atoms with E-state index >= 15 is 0 Å². The molecule has 2 aromatic rings. The summed E-state index contributed by atoms with van der Waals surface area (Å²) in [5, 5.41) is 12.3. The molecule has 0 heterocycles. The Bertz CT molecular complexity index is 938. The number of amides is 2. The zero-order valence-electron chi connectivity index (χ0n) is 18.2. The summed E-state index contributed by atoms with van der Waals surface area (Å²) in [6, 6.07) is 14.1. The van der Waals surface area contributed by atoms with Crippen molar-refractivity contribution >= 4 is 29.4 Å². The molecule has 0 radical (unpaired) electrons. The van der Waals surface area contributed by atoms with E-state index in [1.807, 2.05) is 37.4 Å². The van der Waals surface area contributed by atoms with Gasteiger partial charge in [-0.1, -0.05) is 32.0 Å². The summed E-state index contributed by atoms with van der Waals surface area (Å²) >= 11 is 1.35. The summed E-state index contributed by atoms with van der Waals surface area (Å²) in [5.74, 6) is -0.373. The SMILES string of the molecule is CC(C)c1ccc(NC(=O)N(C)C2Cc3ccc(SC(C)(C)C(=O)O)cc3C2)cc1. The van der Waals surface area contributed by atoms with Gasteiger partial charge in [-0.3, -0.25) is 4.79 Å². The van der Waals surface area contributed by atoms with Gasteiger partial charge >= 0.3 is 12.0 Å². The van der Waals surface area contributed by atoms with Crippen LogP contribution >= 0.6 is 11.8 Å². The first-order valence-corrected chi connectivity index (χ1v) is 11.1. The van der Waals surface area contributed by atoms with E-state index in [2.05, 4.69) is 31.3 Å². The van der Waals surface area contributed by atoms with Gasteiger partial charge in [-0.25, -0.2) is 4.79 Å². The van der Waals surface area contributed by atoms with Gasteiger partial charge in [0.25, 0.3) is 0 Å². The van der Waals surface area contributed by atoms with Crippen LogP contribution in [0.5, 0.6) is 0 Å². The summed E-state index contributed by atoms with van der Waals surface area (Å²) in [4.78, 5) is 26.9. The highest BCUT2D eigenvalue weighted by atomic mass is 32.2. The van der Waals surface area contributed by atoms with Crippen LogP contribution in [0.2, 0.25) is 0 Å². The normalized spacial score (nSPS) is 15.7. The number of hydrogen-bond donors (Lipinski definition) is 2. The number of anilines is 1. The number of rotatable bonds is 6. The fourth-order valence-electron chi connectivity index (χ4n) is 3.58. The molecule has 2 N–H and O–H groups in total. The first-order valence-electron chi connectivity index (χ1n) is 10.2. The quantitative estimate of drug-likeness (QED) is 0.607. The molecular formula is C24H30N2O3S. The molecule has 1 unspecified atom stereocenters. The molecular weight excluding hydrogens is 396 g/mol. The number of carboxylic acid groups (broad SMARTS) is 1. The van der Waals surface area contributed by atoms with E-state index in [1.54, 1.807) is 18.7 Å². The first-order chi connectivity index (χ1) is 14.1. The average Bonchev–Trinajstić information content (AvgIpc) is 3.10. The highest BCUT2D eigenvalue weighted by molar-refractivity contribution is 8.01. The van der Waals surface area contributed by atoms with Crippen LogP contribution in [0.3, 0.4) is 0 Å². The van der Waals surface area contributed by atoms with E-state index in [0.717, 1.165) is 23.4 Å². The lowest BCUT2D eigenvalue weighted by Crippen LogP contribution is -2.40. The van der Waals surface area contributed by atoms with E-state index in [1.165, 1.54) is 28.5 Å². The molecule has 2 aromatic carbocycles. The highest BCUT2D eigenvalue weighted by Gasteiger charge is 2.31. The molecule has 0 aromatic heterocycles. The fraction of sp³-hybridized carbons (Fsp3) is 0.417. The van der Waals surface area contributed by atoms with Gasteiger partial charge in [-0.2, -0.15) is 0 Å². The van der Waals surface area contributed by atoms with Crippen molar-refractivity contribution in [2.24, 2.45) is 0 Å². The number of hydrogen-bond acceptors (Lipinski definition) is 3. The second kappa shape index (κ2) is 8.72. The van der Waals surface area contributed by atoms with Crippen LogP contribution < -0.4 is 5.32 Å². The number of nitrogens with one attached hydrogen (secondary N) is 1. The molecule has 0 saturated carbocycles. The Hall–Kier alpha value is -2.47. The number of benzene rings is 2. The van der Waals surface area contributed by atoms with Crippen LogP contribution in [0.4, 0.5) is 10.5 Å². The summed E-state index contributed by atoms with van der Waals surface area (Å²) in [5.41, 5.74) is 4.44. The lowest BCUT2D eigenvalue weighted by atomic mass is 10.0. The standard InChI is InChI=1S/C24H30N2O3S/c1-15(2)16-6-9-19(10-7-16)25-23(29)26(5)20-12-17-8-11-21(14-18(17)13-20)30-24(3,4)22(27)28/h6-11,14-15,20H,12-13H2,1-5H3,(H,25,29)(H,27,28). The van der Waals surface area contributed by atoms with E-state index in [0.29, 0.717) is 5.92 Å². The molecule has 6 heteroatoms. The summed E-state index contributed by atoms with van der Waals surface area (Å²) in [7, 11) is 1.83. The average molecular weight is 427 g/mol. The van der Waals surface area contributed by atoms with Crippen molar-refractivity contribution in [1.29, 1.82) is 0 Å². The molecule has 0 bridgehead atoms. The number of nitrogens with zero attached hydrogens (tertiary/aromatic N) is 1. The minimum Gasteiger partial charge on any atom is -0.480 e. The van der Waals surface area contributed by atoms with Gasteiger partial charge in [0.15, 0.2) is 0 Å². The zero-order valence-corrected chi connectivity index (χ0v) is 19.0. The van der Waals surface area contributed by atoms with Gasteiger partial charge in [0.05, 0.1) is 0 Å². The van der Waals surface area contributed by atoms with Gasteiger partial charge in [0.1, 0.15) is 4.75 Å². The third kappa shape index (κ3) is 4.98. The van der Waals surface area contributed by atoms with Crippen molar-refractivity contribution in [1.82, 2.24) is 4.90 Å². The Morgan fingerprint density at radius 3 is 2.33 bits per heavy atom. The van der Waals surface area contributed by atoms with Crippen LogP contribution in [0, 0.1) is 0 Å². The molecule has 1 aliphatic carbocycles. The van der Waals surface area contributed by atoms with E-state index in [4.69, 9.17) is 0 Å². The molecule has 30 heavy (non-hydrogen) atoms. The number of likely N-dealkylation sites (N-methyl/N-ethyl adjacent to an activating group) is 1. The van der Waals surface area contributed by atoms with Crippen molar-refractivity contribution in [3.63, 3.8) is 0 Å². The summed E-state index contributed by atoms with van der Waals surface area (Å²) in [6.07, 6.45) is 1.58. The van der Waals surface area contributed by atoms with Crippen LogP contribution in [0.1, 0.15) is 50.3 Å². The van der Waals surface area contributed by atoms with Crippen LogP contribution in [0.25, 0.3) is 0 Å². The lowest BCUT2D eigenvalue weighted by Gasteiger charge is -2.24. The highest BCUT2D eigenvalue weighted by Crippen LogP contribution is 2.36. The summed E-state index contributed by atoms with van der Waals surface area (Å²) < 4.78 is -0.881. The number of fused-ring (bicyclic) bond motifs is 1. The van der Waals surface area contributed by atoms with Gasteiger partial charge in [-0.15, -0.1) is 11.8 Å². The minimum absolute atomic E-state index is 0.0858. The number of carbonyl (C=O) groups excluding carboxylic acids is 1. The minimum atomic E-state index is -0.881. The van der Waals surface area contributed by atoms with Crippen molar-refractivity contribution in [3.8, 4) is 0 Å². The van der Waals surface area contributed by atoms with Gasteiger partial charge in [0, 0.05) is 23.7 Å². The van der Waals surface area contributed by atoms with Gasteiger partial charge < -0.3 is 15.3 Å². The number of thioether (sulfide) groups is 1. The van der Waals surface area contributed by atoms with Crippen molar-refractivity contribution in [3.05, 3.63) is 59.2 Å². The Morgan fingerprint density at radius 1 is 1.10 bits per heavy atom. The van der Waals surface area contributed by atoms with E-state index in [9.17, 15) is 14.7 Å². The monoisotopic (exact) mass is 426 g/mol.